The minimum Gasteiger partial charge on any atom is -0.378 e. The first-order chi connectivity index (χ1) is 13.8. The molecule has 3 atom stereocenters. The highest BCUT2D eigenvalue weighted by Crippen LogP contribution is 2.33. The van der Waals surface area contributed by atoms with E-state index in [2.05, 4.69) is 10.2 Å². The Kier molecular flexibility index (Phi) is 5.86. The van der Waals surface area contributed by atoms with Crippen molar-refractivity contribution in [3.63, 3.8) is 0 Å². The number of carbonyl (C=O) groups excluding carboxylic acids is 1. The predicted molar refractivity (Wildman–Crippen MR) is 103 cm³/mol. The molecule has 1 N–H and O–H groups in total. The van der Waals surface area contributed by atoms with Gasteiger partial charge in [-0.2, -0.15) is 13.2 Å². The molecule has 0 aromatic heterocycles. The van der Waals surface area contributed by atoms with Crippen LogP contribution in [0.15, 0.2) is 18.2 Å². The van der Waals surface area contributed by atoms with Crippen LogP contribution in [0.25, 0.3) is 0 Å². The van der Waals surface area contributed by atoms with Crippen LogP contribution in [0, 0.1) is 6.92 Å². The summed E-state index contributed by atoms with van der Waals surface area (Å²) in [5.74, 6) is -0.107. The zero-order valence-electron chi connectivity index (χ0n) is 16.7. The van der Waals surface area contributed by atoms with Crippen molar-refractivity contribution in [3.8, 4) is 0 Å². The lowest BCUT2D eigenvalue weighted by Crippen LogP contribution is -2.70. The van der Waals surface area contributed by atoms with Gasteiger partial charge in [0.2, 0.25) is 5.91 Å². The molecular formula is C21H28F3N3O2. The molecule has 3 fully saturated rings. The number of hydrogen-bond donors (Lipinski definition) is 1. The lowest BCUT2D eigenvalue weighted by atomic mass is 9.92. The largest absolute Gasteiger partial charge is 0.416 e. The van der Waals surface area contributed by atoms with Crippen LogP contribution in [0.3, 0.4) is 0 Å². The number of halogens is 3. The number of hydrogen-bond acceptors (Lipinski definition) is 4. The summed E-state index contributed by atoms with van der Waals surface area (Å²) in [6.45, 7) is 5.85. The average Bonchev–Trinajstić information content (AvgIpc) is 3.22. The van der Waals surface area contributed by atoms with Gasteiger partial charge >= 0.3 is 6.18 Å². The summed E-state index contributed by atoms with van der Waals surface area (Å²) in [7, 11) is 0. The number of piperazine rings is 1. The summed E-state index contributed by atoms with van der Waals surface area (Å²) in [6, 6.07) is 4.40. The van der Waals surface area contributed by atoms with E-state index in [1.807, 2.05) is 4.90 Å². The van der Waals surface area contributed by atoms with E-state index in [4.69, 9.17) is 4.74 Å². The Hall–Kier alpha value is -1.64. The van der Waals surface area contributed by atoms with Crippen molar-refractivity contribution in [3.05, 3.63) is 34.9 Å². The Morgan fingerprint density at radius 1 is 1.21 bits per heavy atom. The number of likely N-dealkylation sites (tertiary alicyclic amines) is 1. The summed E-state index contributed by atoms with van der Waals surface area (Å²) in [5, 5.41) is 3.47. The van der Waals surface area contributed by atoms with Gasteiger partial charge in [0.25, 0.3) is 0 Å². The molecule has 0 radical (unpaired) electrons. The van der Waals surface area contributed by atoms with Crippen LogP contribution in [0.4, 0.5) is 13.2 Å². The molecule has 8 heteroatoms. The highest BCUT2D eigenvalue weighted by molar-refractivity contribution is 5.79. The van der Waals surface area contributed by atoms with E-state index >= 15 is 0 Å². The predicted octanol–water partition coefficient (Wildman–Crippen LogP) is 2.22. The van der Waals surface area contributed by atoms with E-state index in [1.165, 1.54) is 13.0 Å². The number of ether oxygens (including phenoxy) is 1. The summed E-state index contributed by atoms with van der Waals surface area (Å²) < 4.78 is 45.5. The molecule has 29 heavy (non-hydrogen) atoms. The number of benzene rings is 1. The maximum absolute atomic E-state index is 13.2. The third kappa shape index (κ3) is 4.29. The van der Waals surface area contributed by atoms with Crippen molar-refractivity contribution < 1.29 is 22.7 Å². The zero-order chi connectivity index (χ0) is 20.6. The molecule has 0 unspecified atom stereocenters. The number of nitrogens with zero attached hydrogens (tertiary/aromatic N) is 2. The average molecular weight is 411 g/mol. The molecule has 0 spiro atoms. The van der Waals surface area contributed by atoms with Gasteiger partial charge in [0.1, 0.15) is 0 Å². The zero-order valence-corrected chi connectivity index (χ0v) is 16.7. The fourth-order valence-electron chi connectivity index (χ4n) is 4.95. The molecule has 5 nitrogen and oxygen atoms in total. The molecule has 1 aromatic rings. The van der Waals surface area contributed by atoms with Gasteiger partial charge < -0.3 is 15.0 Å². The number of rotatable bonds is 3. The smallest absolute Gasteiger partial charge is 0.378 e. The van der Waals surface area contributed by atoms with Gasteiger partial charge in [-0.15, -0.1) is 0 Å². The summed E-state index contributed by atoms with van der Waals surface area (Å²) >= 11 is 0. The molecule has 4 rings (SSSR count). The topological polar surface area (TPSA) is 44.8 Å². The lowest BCUT2D eigenvalue weighted by Gasteiger charge is -2.50. The van der Waals surface area contributed by atoms with E-state index in [0.717, 1.165) is 32.0 Å². The second kappa shape index (κ2) is 8.24. The third-order valence-corrected chi connectivity index (χ3v) is 6.40. The quantitative estimate of drug-likeness (QED) is 0.829. The van der Waals surface area contributed by atoms with E-state index < -0.39 is 11.7 Å². The number of amides is 1. The van der Waals surface area contributed by atoms with Crippen molar-refractivity contribution >= 4 is 5.91 Å². The van der Waals surface area contributed by atoms with Gasteiger partial charge in [0.15, 0.2) is 0 Å². The molecule has 0 aliphatic carbocycles. The molecule has 3 heterocycles. The fourth-order valence-corrected chi connectivity index (χ4v) is 4.95. The van der Waals surface area contributed by atoms with Crippen LogP contribution in [0.1, 0.15) is 29.5 Å². The maximum atomic E-state index is 13.2. The highest BCUT2D eigenvalue weighted by atomic mass is 19.4. The van der Waals surface area contributed by atoms with Crippen LogP contribution >= 0.6 is 0 Å². The van der Waals surface area contributed by atoms with Crippen LogP contribution in [0.5, 0.6) is 0 Å². The van der Waals surface area contributed by atoms with Gasteiger partial charge in [-0.25, -0.2) is 0 Å². The molecular weight excluding hydrogens is 383 g/mol. The SMILES string of the molecule is Cc1ccc(CC(=O)N2CCN[C@@H]3COC[C@H](N4CCCC4)[C@H]32)cc1C(F)(F)F. The first-order valence-electron chi connectivity index (χ1n) is 10.4. The number of alkyl halides is 3. The minimum atomic E-state index is -4.41. The Balaban J connectivity index is 1.54. The monoisotopic (exact) mass is 411 g/mol. The molecule has 160 valence electrons. The Morgan fingerprint density at radius 2 is 1.97 bits per heavy atom. The molecule has 3 aliphatic rings. The van der Waals surface area contributed by atoms with Gasteiger partial charge in [-0.05, 0) is 50.0 Å². The van der Waals surface area contributed by atoms with Crippen LogP contribution in [0.2, 0.25) is 0 Å². The van der Waals surface area contributed by atoms with Gasteiger partial charge in [0, 0.05) is 13.1 Å². The Bertz CT molecular complexity index is 747. The molecule has 1 amide bonds. The van der Waals surface area contributed by atoms with Gasteiger partial charge in [0.05, 0.1) is 43.3 Å². The van der Waals surface area contributed by atoms with Crippen molar-refractivity contribution in [1.82, 2.24) is 15.1 Å². The van der Waals surface area contributed by atoms with Crippen molar-refractivity contribution in [2.75, 3.05) is 39.4 Å². The maximum Gasteiger partial charge on any atom is 0.416 e. The Labute approximate surface area is 169 Å². The normalized spacial score (nSPS) is 28.4. The molecule has 3 aliphatic heterocycles. The molecule has 1 aromatic carbocycles. The number of fused-ring (bicyclic) bond motifs is 1. The Morgan fingerprint density at radius 3 is 2.69 bits per heavy atom. The van der Waals surface area contributed by atoms with Gasteiger partial charge in [-0.1, -0.05) is 12.1 Å². The molecule has 0 saturated carbocycles. The highest BCUT2D eigenvalue weighted by Gasteiger charge is 2.45. The van der Waals surface area contributed by atoms with Crippen molar-refractivity contribution in [1.29, 1.82) is 0 Å². The van der Waals surface area contributed by atoms with E-state index in [9.17, 15) is 18.0 Å². The van der Waals surface area contributed by atoms with Crippen LogP contribution in [-0.4, -0.2) is 73.2 Å². The summed E-state index contributed by atoms with van der Waals surface area (Å²) in [4.78, 5) is 17.5. The minimum absolute atomic E-state index is 0.00404. The standard InChI is InChI=1S/C21H28F3N3O2/c1-14-4-5-15(10-16(14)21(22,23)24)11-19(28)27-9-6-25-17-12-29-13-18(20(17)27)26-7-2-3-8-26/h4-5,10,17-18,20,25H,2-3,6-9,11-13H2,1H3/t17-,18+,20+/m1/s1. The number of carbonyl (C=O) groups is 1. The van der Waals surface area contributed by atoms with Crippen LogP contribution in [-0.2, 0) is 22.1 Å². The second-order valence-corrected chi connectivity index (χ2v) is 8.31. The first-order valence-corrected chi connectivity index (χ1v) is 10.4. The first kappa shape index (κ1) is 20.6. The lowest BCUT2D eigenvalue weighted by molar-refractivity contribution is -0.143. The molecule has 0 bridgehead atoms. The number of aryl methyl sites for hydroxylation is 1. The fraction of sp³-hybridized carbons (Fsp3) is 0.667. The second-order valence-electron chi connectivity index (χ2n) is 8.31. The summed E-state index contributed by atoms with van der Waals surface area (Å²) in [6.07, 6.45) is -2.12. The van der Waals surface area contributed by atoms with Crippen molar-refractivity contribution in [2.24, 2.45) is 0 Å². The van der Waals surface area contributed by atoms with E-state index in [0.29, 0.717) is 31.9 Å². The molecule has 3 saturated heterocycles. The van der Waals surface area contributed by atoms with Crippen molar-refractivity contribution in [2.45, 2.75) is 50.5 Å². The third-order valence-electron chi connectivity index (χ3n) is 6.40. The van der Waals surface area contributed by atoms with E-state index in [1.54, 1.807) is 6.07 Å². The van der Waals surface area contributed by atoms with Gasteiger partial charge in [-0.3, -0.25) is 9.69 Å². The van der Waals surface area contributed by atoms with E-state index in [-0.39, 0.29) is 36.0 Å². The summed E-state index contributed by atoms with van der Waals surface area (Å²) in [5.41, 5.74) is -0.0794. The van der Waals surface area contributed by atoms with Crippen LogP contribution < -0.4 is 5.32 Å². The number of nitrogens with one attached hydrogen (secondary N) is 1.